The van der Waals surface area contributed by atoms with Gasteiger partial charge in [0.15, 0.2) is 5.96 Å². The largest absolute Gasteiger partial charge is 0.368 e. The number of aromatic nitrogens is 1. The first-order chi connectivity index (χ1) is 13.8. The Hall–Kier alpha value is -2.35. The number of guanidine groups is 1. The van der Waals surface area contributed by atoms with Crippen molar-refractivity contribution in [3.05, 3.63) is 72.6 Å². The lowest BCUT2D eigenvalue weighted by molar-refractivity contribution is 0.372. The van der Waals surface area contributed by atoms with Crippen LogP contribution in [-0.4, -0.2) is 48.6 Å². The maximum absolute atomic E-state index is 4.91. The number of anilines is 1. The van der Waals surface area contributed by atoms with E-state index in [2.05, 4.69) is 87.7 Å². The first kappa shape index (κ1) is 21.4. The molecular formula is C23H28IN5. The number of nitrogens with zero attached hydrogens (tertiary/aromatic N) is 4. The summed E-state index contributed by atoms with van der Waals surface area (Å²) in [4.78, 5) is 14.3. The fourth-order valence-corrected chi connectivity index (χ4v) is 3.70. The number of nitrogens with one attached hydrogen (secondary N) is 1. The lowest BCUT2D eigenvalue weighted by atomic mass is 10.1. The van der Waals surface area contributed by atoms with Gasteiger partial charge in [0, 0.05) is 50.0 Å². The van der Waals surface area contributed by atoms with E-state index in [0.29, 0.717) is 6.54 Å². The van der Waals surface area contributed by atoms with Crippen LogP contribution in [0.3, 0.4) is 0 Å². The molecule has 1 aliphatic rings. The molecule has 0 atom stereocenters. The standard InChI is InChI=1S/C23H27N5.HI/c1-2-24-23(26-18-22-21-11-7-6-8-19(21)12-13-25-22)28-16-14-27(15-17-28)20-9-4-3-5-10-20;/h3-13H,2,14-18H2,1H3,(H,24,26);1H. The summed E-state index contributed by atoms with van der Waals surface area (Å²) in [6.45, 7) is 7.49. The number of hydrogen-bond donors (Lipinski definition) is 1. The van der Waals surface area contributed by atoms with E-state index in [-0.39, 0.29) is 24.0 Å². The van der Waals surface area contributed by atoms with Gasteiger partial charge in [0.25, 0.3) is 0 Å². The number of benzene rings is 2. The molecule has 1 aromatic heterocycles. The van der Waals surface area contributed by atoms with Crippen molar-refractivity contribution in [2.75, 3.05) is 37.6 Å². The zero-order valence-corrected chi connectivity index (χ0v) is 19.1. The number of piperazine rings is 1. The molecule has 6 heteroatoms. The normalized spacial score (nSPS) is 14.6. The van der Waals surface area contributed by atoms with Crippen molar-refractivity contribution in [2.24, 2.45) is 4.99 Å². The smallest absolute Gasteiger partial charge is 0.194 e. The molecule has 4 rings (SSSR count). The molecule has 5 nitrogen and oxygen atoms in total. The predicted octanol–water partition coefficient (Wildman–Crippen LogP) is 4.14. The average molecular weight is 501 g/mol. The molecule has 0 spiro atoms. The van der Waals surface area contributed by atoms with E-state index in [1.807, 2.05) is 6.20 Å². The van der Waals surface area contributed by atoms with Crippen LogP contribution in [0.15, 0.2) is 71.9 Å². The molecule has 2 heterocycles. The first-order valence-corrected chi connectivity index (χ1v) is 10.0. The van der Waals surface area contributed by atoms with Crippen molar-refractivity contribution < 1.29 is 0 Å². The molecule has 0 bridgehead atoms. The SMILES string of the molecule is CCNC(=NCc1nccc2ccccc12)N1CCN(c2ccccc2)CC1.I. The van der Waals surface area contributed by atoms with Crippen LogP contribution in [0.1, 0.15) is 12.6 Å². The summed E-state index contributed by atoms with van der Waals surface area (Å²) >= 11 is 0. The van der Waals surface area contributed by atoms with Crippen molar-refractivity contribution in [1.29, 1.82) is 0 Å². The zero-order valence-electron chi connectivity index (χ0n) is 16.8. The Labute approximate surface area is 189 Å². The van der Waals surface area contributed by atoms with Crippen LogP contribution in [-0.2, 0) is 6.54 Å². The minimum Gasteiger partial charge on any atom is -0.368 e. The van der Waals surface area contributed by atoms with Crippen molar-refractivity contribution in [1.82, 2.24) is 15.2 Å². The molecule has 3 aromatic rings. The monoisotopic (exact) mass is 501 g/mol. The van der Waals surface area contributed by atoms with E-state index < -0.39 is 0 Å². The van der Waals surface area contributed by atoms with Gasteiger partial charge in [0.05, 0.1) is 12.2 Å². The van der Waals surface area contributed by atoms with Crippen LogP contribution in [0.5, 0.6) is 0 Å². The van der Waals surface area contributed by atoms with Crippen LogP contribution >= 0.6 is 24.0 Å². The Bertz CT molecular complexity index is 931. The highest BCUT2D eigenvalue weighted by Crippen LogP contribution is 2.18. The van der Waals surface area contributed by atoms with Gasteiger partial charge in [0.2, 0.25) is 0 Å². The highest BCUT2D eigenvalue weighted by atomic mass is 127. The third-order valence-corrected chi connectivity index (χ3v) is 5.17. The summed E-state index contributed by atoms with van der Waals surface area (Å²) in [6, 6.07) is 21.1. The second-order valence-electron chi connectivity index (χ2n) is 6.96. The summed E-state index contributed by atoms with van der Waals surface area (Å²) in [5, 5.41) is 5.85. The van der Waals surface area contributed by atoms with Gasteiger partial charge in [-0.25, -0.2) is 4.99 Å². The molecule has 1 saturated heterocycles. The van der Waals surface area contributed by atoms with E-state index in [9.17, 15) is 0 Å². The topological polar surface area (TPSA) is 43.8 Å². The first-order valence-electron chi connectivity index (χ1n) is 10.0. The number of fused-ring (bicyclic) bond motifs is 1. The summed E-state index contributed by atoms with van der Waals surface area (Å²) < 4.78 is 0. The van der Waals surface area contributed by atoms with Gasteiger partial charge in [-0.1, -0.05) is 42.5 Å². The van der Waals surface area contributed by atoms with E-state index in [0.717, 1.165) is 44.4 Å². The second kappa shape index (κ2) is 10.4. The van der Waals surface area contributed by atoms with Gasteiger partial charge < -0.3 is 15.1 Å². The summed E-state index contributed by atoms with van der Waals surface area (Å²) in [5.74, 6) is 0.977. The number of halogens is 1. The zero-order chi connectivity index (χ0) is 19.2. The Morgan fingerprint density at radius 2 is 1.69 bits per heavy atom. The molecule has 29 heavy (non-hydrogen) atoms. The highest BCUT2D eigenvalue weighted by Gasteiger charge is 2.19. The predicted molar refractivity (Wildman–Crippen MR) is 132 cm³/mol. The summed E-state index contributed by atoms with van der Waals surface area (Å²) in [7, 11) is 0. The van der Waals surface area contributed by atoms with Crippen LogP contribution < -0.4 is 10.2 Å². The van der Waals surface area contributed by atoms with Crippen molar-refractivity contribution >= 4 is 46.4 Å². The molecule has 0 radical (unpaired) electrons. The van der Waals surface area contributed by atoms with E-state index in [4.69, 9.17) is 4.99 Å². The van der Waals surface area contributed by atoms with Crippen LogP contribution in [0.2, 0.25) is 0 Å². The van der Waals surface area contributed by atoms with Crippen LogP contribution in [0, 0.1) is 0 Å². The molecule has 0 unspecified atom stereocenters. The number of hydrogen-bond acceptors (Lipinski definition) is 3. The summed E-state index contributed by atoms with van der Waals surface area (Å²) in [5.41, 5.74) is 2.32. The molecule has 1 fully saturated rings. The number of aliphatic imine (C=N–C) groups is 1. The molecule has 1 aliphatic heterocycles. The Morgan fingerprint density at radius 1 is 0.966 bits per heavy atom. The molecule has 0 amide bonds. The fourth-order valence-electron chi connectivity index (χ4n) is 3.70. The molecule has 0 saturated carbocycles. The van der Waals surface area contributed by atoms with Gasteiger partial charge in [-0.05, 0) is 30.5 Å². The Kier molecular flexibility index (Phi) is 7.69. The molecule has 152 valence electrons. The minimum atomic E-state index is 0. The number of para-hydroxylation sites is 1. The van der Waals surface area contributed by atoms with Gasteiger partial charge in [0.1, 0.15) is 0 Å². The lowest BCUT2D eigenvalue weighted by Crippen LogP contribution is -2.52. The Balaban J connectivity index is 0.00000240. The quantitative estimate of drug-likeness (QED) is 0.332. The third-order valence-electron chi connectivity index (χ3n) is 5.17. The van der Waals surface area contributed by atoms with Gasteiger partial charge in [-0.2, -0.15) is 0 Å². The highest BCUT2D eigenvalue weighted by molar-refractivity contribution is 14.0. The van der Waals surface area contributed by atoms with Gasteiger partial charge in [-0.15, -0.1) is 24.0 Å². The summed E-state index contributed by atoms with van der Waals surface area (Å²) in [6.07, 6.45) is 1.87. The number of pyridine rings is 1. The Morgan fingerprint density at radius 3 is 2.45 bits per heavy atom. The van der Waals surface area contributed by atoms with Crippen LogP contribution in [0.25, 0.3) is 10.8 Å². The second-order valence-corrected chi connectivity index (χ2v) is 6.96. The molecule has 1 N–H and O–H groups in total. The molecular weight excluding hydrogens is 473 g/mol. The van der Waals surface area contributed by atoms with Crippen molar-refractivity contribution in [3.8, 4) is 0 Å². The maximum atomic E-state index is 4.91. The van der Waals surface area contributed by atoms with E-state index in [1.165, 1.54) is 16.5 Å². The third kappa shape index (κ3) is 5.18. The number of rotatable bonds is 4. The van der Waals surface area contributed by atoms with Gasteiger partial charge in [-0.3, -0.25) is 4.98 Å². The van der Waals surface area contributed by atoms with Crippen molar-refractivity contribution in [3.63, 3.8) is 0 Å². The van der Waals surface area contributed by atoms with E-state index in [1.54, 1.807) is 0 Å². The molecule has 2 aromatic carbocycles. The minimum absolute atomic E-state index is 0. The molecule has 0 aliphatic carbocycles. The maximum Gasteiger partial charge on any atom is 0.194 e. The van der Waals surface area contributed by atoms with Gasteiger partial charge >= 0.3 is 0 Å². The van der Waals surface area contributed by atoms with Crippen LogP contribution in [0.4, 0.5) is 5.69 Å². The van der Waals surface area contributed by atoms with E-state index >= 15 is 0 Å². The van der Waals surface area contributed by atoms with Crippen molar-refractivity contribution in [2.45, 2.75) is 13.5 Å². The average Bonchev–Trinajstić information content (AvgIpc) is 2.77. The lowest BCUT2D eigenvalue weighted by Gasteiger charge is -2.37. The fraction of sp³-hybridized carbons (Fsp3) is 0.304.